The van der Waals surface area contributed by atoms with E-state index in [-0.39, 0.29) is 5.91 Å². The first-order valence-electron chi connectivity index (χ1n) is 9.30. The SMILES string of the molecule is CN1C(=O)C(NC(=O)n2cc(Cc3cccnc3)cn2)CCc2ccc(Br)cc21. The van der Waals surface area contributed by atoms with Crippen molar-refractivity contribution in [2.24, 2.45) is 0 Å². The van der Waals surface area contributed by atoms with E-state index in [4.69, 9.17) is 0 Å². The molecule has 0 saturated heterocycles. The topological polar surface area (TPSA) is 80.1 Å². The Morgan fingerprint density at radius 2 is 2.14 bits per heavy atom. The van der Waals surface area contributed by atoms with Gasteiger partial charge in [-0.15, -0.1) is 0 Å². The second-order valence-corrected chi connectivity index (χ2v) is 7.96. The molecule has 1 atom stereocenters. The van der Waals surface area contributed by atoms with Crippen molar-refractivity contribution in [3.8, 4) is 0 Å². The smallest absolute Gasteiger partial charge is 0.324 e. The molecule has 1 aromatic carbocycles. The van der Waals surface area contributed by atoms with Crippen molar-refractivity contribution < 1.29 is 9.59 Å². The highest BCUT2D eigenvalue weighted by molar-refractivity contribution is 9.10. The van der Waals surface area contributed by atoms with Crippen molar-refractivity contribution >= 4 is 33.6 Å². The van der Waals surface area contributed by atoms with Gasteiger partial charge in [-0.1, -0.05) is 28.1 Å². The van der Waals surface area contributed by atoms with E-state index < -0.39 is 12.1 Å². The standard InChI is InChI=1S/C21H20BrN5O2/c1-26-19-10-17(22)6-4-16(19)5-7-18(20(26)28)25-21(29)27-13-15(12-24-27)9-14-3-2-8-23-11-14/h2-4,6,8,10-13,18H,5,7,9H2,1H3,(H,25,29). The van der Waals surface area contributed by atoms with Crippen LogP contribution >= 0.6 is 15.9 Å². The maximum absolute atomic E-state index is 12.9. The molecule has 8 heteroatoms. The van der Waals surface area contributed by atoms with Gasteiger partial charge in [0.25, 0.3) is 0 Å². The lowest BCUT2D eigenvalue weighted by atomic mass is 10.1. The van der Waals surface area contributed by atoms with E-state index in [1.54, 1.807) is 36.7 Å². The Hall–Kier alpha value is -3.00. The van der Waals surface area contributed by atoms with Crippen molar-refractivity contribution in [2.45, 2.75) is 25.3 Å². The Kier molecular flexibility index (Phi) is 5.44. The summed E-state index contributed by atoms with van der Waals surface area (Å²) in [5, 5.41) is 6.98. The van der Waals surface area contributed by atoms with E-state index in [0.29, 0.717) is 19.3 Å². The molecule has 1 unspecified atom stereocenters. The minimum Gasteiger partial charge on any atom is -0.324 e. The number of hydrogen-bond acceptors (Lipinski definition) is 4. The van der Waals surface area contributed by atoms with Crippen molar-refractivity contribution in [1.29, 1.82) is 0 Å². The molecule has 3 aromatic rings. The van der Waals surface area contributed by atoms with E-state index in [9.17, 15) is 9.59 Å². The number of rotatable bonds is 3. The van der Waals surface area contributed by atoms with Crippen LogP contribution in [0.4, 0.5) is 10.5 Å². The first-order chi connectivity index (χ1) is 14.0. The number of pyridine rings is 1. The molecular formula is C21H20BrN5O2. The van der Waals surface area contributed by atoms with Gasteiger partial charge in [0.05, 0.1) is 6.20 Å². The van der Waals surface area contributed by atoms with Gasteiger partial charge in [0.1, 0.15) is 6.04 Å². The van der Waals surface area contributed by atoms with Gasteiger partial charge in [0, 0.05) is 42.2 Å². The van der Waals surface area contributed by atoms with E-state index >= 15 is 0 Å². The summed E-state index contributed by atoms with van der Waals surface area (Å²) in [6.45, 7) is 0. The molecule has 0 radical (unpaired) electrons. The number of likely N-dealkylation sites (N-methyl/N-ethyl adjacent to an activating group) is 1. The highest BCUT2D eigenvalue weighted by atomic mass is 79.9. The number of fused-ring (bicyclic) bond motifs is 1. The third kappa shape index (κ3) is 4.22. The maximum Gasteiger partial charge on any atom is 0.342 e. The Morgan fingerprint density at radius 3 is 2.93 bits per heavy atom. The Bertz CT molecular complexity index is 1050. The van der Waals surface area contributed by atoms with Crippen LogP contribution in [0.5, 0.6) is 0 Å². The number of anilines is 1. The predicted molar refractivity (Wildman–Crippen MR) is 113 cm³/mol. The van der Waals surface area contributed by atoms with Crippen molar-refractivity contribution in [2.75, 3.05) is 11.9 Å². The Balaban J connectivity index is 1.45. The third-order valence-electron chi connectivity index (χ3n) is 5.01. The largest absolute Gasteiger partial charge is 0.342 e. The maximum atomic E-state index is 12.9. The molecule has 2 amide bonds. The van der Waals surface area contributed by atoms with Crippen LogP contribution in [-0.4, -0.2) is 39.8 Å². The highest BCUT2D eigenvalue weighted by Crippen LogP contribution is 2.29. The van der Waals surface area contributed by atoms with Gasteiger partial charge in [-0.05, 0) is 47.7 Å². The highest BCUT2D eigenvalue weighted by Gasteiger charge is 2.29. The van der Waals surface area contributed by atoms with Gasteiger partial charge in [-0.25, -0.2) is 4.79 Å². The van der Waals surface area contributed by atoms with Gasteiger partial charge < -0.3 is 10.2 Å². The van der Waals surface area contributed by atoms with E-state index in [1.807, 2.05) is 30.3 Å². The second kappa shape index (κ2) is 8.16. The number of carbonyl (C=O) groups is 2. The van der Waals surface area contributed by atoms with Gasteiger partial charge in [0.15, 0.2) is 0 Å². The molecule has 3 heterocycles. The van der Waals surface area contributed by atoms with Gasteiger partial charge >= 0.3 is 6.03 Å². The first kappa shape index (κ1) is 19.3. The van der Waals surface area contributed by atoms with Crippen LogP contribution in [0.25, 0.3) is 0 Å². The van der Waals surface area contributed by atoms with Gasteiger partial charge in [-0.2, -0.15) is 9.78 Å². The molecule has 1 aliphatic rings. The molecule has 0 saturated carbocycles. The quantitative estimate of drug-likeness (QED) is 0.660. The van der Waals surface area contributed by atoms with Crippen LogP contribution in [0.3, 0.4) is 0 Å². The fourth-order valence-electron chi connectivity index (χ4n) is 3.49. The lowest BCUT2D eigenvalue weighted by Gasteiger charge is -2.22. The molecule has 0 aliphatic carbocycles. The molecule has 2 aromatic heterocycles. The molecule has 0 bridgehead atoms. The summed E-state index contributed by atoms with van der Waals surface area (Å²) in [6, 6.07) is 8.72. The molecule has 29 heavy (non-hydrogen) atoms. The summed E-state index contributed by atoms with van der Waals surface area (Å²) >= 11 is 3.45. The summed E-state index contributed by atoms with van der Waals surface area (Å²) in [5.74, 6) is -0.141. The molecule has 0 spiro atoms. The molecule has 1 aliphatic heterocycles. The lowest BCUT2D eigenvalue weighted by molar-refractivity contribution is -0.120. The molecule has 7 nitrogen and oxygen atoms in total. The average Bonchev–Trinajstić information content (AvgIpc) is 3.16. The minimum absolute atomic E-state index is 0.141. The minimum atomic E-state index is -0.607. The number of amides is 2. The number of carbonyl (C=O) groups excluding carboxylic acids is 2. The molecule has 0 fully saturated rings. The fourth-order valence-corrected chi connectivity index (χ4v) is 3.84. The summed E-state index contributed by atoms with van der Waals surface area (Å²) < 4.78 is 2.16. The van der Waals surface area contributed by atoms with Crippen LogP contribution in [-0.2, 0) is 17.6 Å². The number of aryl methyl sites for hydroxylation is 1. The van der Waals surface area contributed by atoms with E-state index in [1.165, 1.54) is 4.68 Å². The normalized spacial score (nSPS) is 16.3. The number of benzene rings is 1. The lowest BCUT2D eigenvalue weighted by Crippen LogP contribution is -2.48. The van der Waals surface area contributed by atoms with Crippen LogP contribution in [0, 0.1) is 0 Å². The number of halogens is 1. The average molecular weight is 454 g/mol. The van der Waals surface area contributed by atoms with Crippen LogP contribution in [0.1, 0.15) is 23.1 Å². The third-order valence-corrected chi connectivity index (χ3v) is 5.51. The molecule has 148 valence electrons. The molecule has 4 rings (SSSR count). The van der Waals surface area contributed by atoms with Crippen molar-refractivity contribution in [3.63, 3.8) is 0 Å². The molecular weight excluding hydrogens is 434 g/mol. The van der Waals surface area contributed by atoms with Crippen LogP contribution in [0.15, 0.2) is 59.6 Å². The fraction of sp³-hybridized carbons (Fsp3) is 0.238. The van der Waals surface area contributed by atoms with Gasteiger partial charge in [0.2, 0.25) is 5.91 Å². The predicted octanol–water partition coefficient (Wildman–Crippen LogP) is 3.17. The number of aromatic nitrogens is 3. The summed E-state index contributed by atoms with van der Waals surface area (Å²) in [6.07, 6.45) is 8.71. The monoisotopic (exact) mass is 453 g/mol. The van der Waals surface area contributed by atoms with Crippen LogP contribution in [0.2, 0.25) is 0 Å². The van der Waals surface area contributed by atoms with Crippen molar-refractivity contribution in [1.82, 2.24) is 20.1 Å². The summed E-state index contributed by atoms with van der Waals surface area (Å²) in [7, 11) is 1.73. The second-order valence-electron chi connectivity index (χ2n) is 7.04. The van der Waals surface area contributed by atoms with Crippen molar-refractivity contribution in [3.05, 3.63) is 76.3 Å². The van der Waals surface area contributed by atoms with E-state index in [0.717, 1.165) is 26.9 Å². The zero-order valence-corrected chi connectivity index (χ0v) is 17.5. The molecule has 1 N–H and O–H groups in total. The Morgan fingerprint density at radius 1 is 1.28 bits per heavy atom. The Labute approximate surface area is 176 Å². The number of nitrogens with one attached hydrogen (secondary N) is 1. The summed E-state index contributed by atoms with van der Waals surface area (Å²) in [4.78, 5) is 31.3. The zero-order valence-electron chi connectivity index (χ0n) is 15.9. The van der Waals surface area contributed by atoms with Crippen LogP contribution < -0.4 is 10.2 Å². The van der Waals surface area contributed by atoms with Gasteiger partial charge in [-0.3, -0.25) is 9.78 Å². The number of nitrogens with zero attached hydrogens (tertiary/aromatic N) is 4. The zero-order chi connectivity index (χ0) is 20.4. The summed E-state index contributed by atoms with van der Waals surface area (Å²) in [5.41, 5.74) is 3.88. The number of hydrogen-bond donors (Lipinski definition) is 1. The first-order valence-corrected chi connectivity index (χ1v) is 10.1. The van der Waals surface area contributed by atoms with E-state index in [2.05, 4.69) is 31.3 Å².